The Bertz CT molecular complexity index is 308. The first-order valence-electron chi connectivity index (χ1n) is 4.58. The average molecular weight is 209 g/mol. The molecule has 14 heavy (non-hydrogen) atoms. The van der Waals surface area contributed by atoms with E-state index in [-0.39, 0.29) is 5.78 Å². The molecule has 0 aromatic heterocycles. The summed E-state index contributed by atoms with van der Waals surface area (Å²) in [4.78, 5) is 11.5. The number of thiol groups is 1. The van der Waals surface area contributed by atoms with Crippen molar-refractivity contribution in [2.24, 2.45) is 5.73 Å². The summed E-state index contributed by atoms with van der Waals surface area (Å²) in [6, 6.07) is 7.46. The van der Waals surface area contributed by atoms with Gasteiger partial charge >= 0.3 is 0 Å². The molecular weight excluding hydrogens is 194 g/mol. The van der Waals surface area contributed by atoms with E-state index in [1.807, 2.05) is 31.2 Å². The molecule has 0 aliphatic rings. The number of carbonyl (C=O) groups excluding carboxylic acids is 1. The Morgan fingerprint density at radius 2 is 2.00 bits per heavy atom. The zero-order chi connectivity index (χ0) is 10.6. The summed E-state index contributed by atoms with van der Waals surface area (Å²) < 4.78 is 0. The predicted octanol–water partition coefficient (Wildman–Crippen LogP) is 1.36. The van der Waals surface area contributed by atoms with Crippen molar-refractivity contribution in [1.29, 1.82) is 0 Å². The van der Waals surface area contributed by atoms with Gasteiger partial charge in [0.25, 0.3) is 0 Å². The summed E-state index contributed by atoms with van der Waals surface area (Å²) in [7, 11) is 0. The summed E-state index contributed by atoms with van der Waals surface area (Å²) >= 11 is 3.99. The number of hydrogen-bond acceptors (Lipinski definition) is 3. The van der Waals surface area contributed by atoms with E-state index in [2.05, 4.69) is 12.6 Å². The quantitative estimate of drug-likeness (QED) is 0.735. The van der Waals surface area contributed by atoms with Crippen LogP contribution in [-0.2, 0) is 11.2 Å². The number of ketones is 1. The van der Waals surface area contributed by atoms with Gasteiger partial charge in [-0.15, -0.1) is 0 Å². The van der Waals surface area contributed by atoms with E-state index in [0.29, 0.717) is 12.2 Å². The van der Waals surface area contributed by atoms with E-state index in [9.17, 15) is 4.79 Å². The number of rotatable bonds is 4. The highest BCUT2D eigenvalue weighted by Gasteiger charge is 2.11. The number of aryl methyl sites for hydroxylation is 1. The molecule has 0 aliphatic carbocycles. The molecule has 0 bridgehead atoms. The van der Waals surface area contributed by atoms with Gasteiger partial charge in [-0.25, -0.2) is 0 Å². The van der Waals surface area contributed by atoms with E-state index < -0.39 is 6.04 Å². The van der Waals surface area contributed by atoms with Crippen LogP contribution in [0.2, 0.25) is 0 Å². The fourth-order valence-electron chi connectivity index (χ4n) is 1.14. The second-order valence-electron chi connectivity index (χ2n) is 3.42. The maximum Gasteiger partial charge on any atom is 0.154 e. The molecule has 76 valence electrons. The molecule has 2 nitrogen and oxygen atoms in total. The third-order valence-corrected chi connectivity index (χ3v) is 2.50. The molecule has 0 heterocycles. The van der Waals surface area contributed by atoms with Crippen LogP contribution in [-0.4, -0.2) is 17.6 Å². The van der Waals surface area contributed by atoms with Gasteiger partial charge in [-0.05, 0) is 12.5 Å². The van der Waals surface area contributed by atoms with Gasteiger partial charge in [0.05, 0.1) is 6.04 Å². The van der Waals surface area contributed by atoms with E-state index >= 15 is 0 Å². The molecule has 0 unspecified atom stereocenters. The van der Waals surface area contributed by atoms with Crippen molar-refractivity contribution in [3.8, 4) is 0 Å². The topological polar surface area (TPSA) is 43.1 Å². The Morgan fingerprint density at radius 3 is 2.50 bits per heavy atom. The molecule has 1 aromatic carbocycles. The third-order valence-electron chi connectivity index (χ3n) is 2.11. The molecule has 0 aliphatic heterocycles. The van der Waals surface area contributed by atoms with E-state index in [1.165, 1.54) is 5.56 Å². The first kappa shape index (κ1) is 11.3. The van der Waals surface area contributed by atoms with Crippen molar-refractivity contribution in [3.63, 3.8) is 0 Å². The van der Waals surface area contributed by atoms with Gasteiger partial charge in [0, 0.05) is 12.2 Å². The van der Waals surface area contributed by atoms with E-state index in [0.717, 1.165) is 5.56 Å². The lowest BCUT2D eigenvalue weighted by atomic mass is 10.0. The van der Waals surface area contributed by atoms with Crippen molar-refractivity contribution in [2.75, 3.05) is 5.75 Å². The largest absolute Gasteiger partial charge is 0.321 e. The molecule has 0 saturated heterocycles. The van der Waals surface area contributed by atoms with Gasteiger partial charge < -0.3 is 5.73 Å². The van der Waals surface area contributed by atoms with Crippen molar-refractivity contribution in [3.05, 3.63) is 35.4 Å². The fraction of sp³-hybridized carbons (Fsp3) is 0.364. The van der Waals surface area contributed by atoms with Crippen molar-refractivity contribution >= 4 is 18.4 Å². The van der Waals surface area contributed by atoms with Crippen LogP contribution in [0, 0.1) is 6.92 Å². The van der Waals surface area contributed by atoms with Gasteiger partial charge in [-0.1, -0.05) is 29.8 Å². The van der Waals surface area contributed by atoms with Crippen LogP contribution in [0.15, 0.2) is 24.3 Å². The summed E-state index contributed by atoms with van der Waals surface area (Å²) in [5.74, 6) is 0.453. The second kappa shape index (κ2) is 5.17. The minimum atomic E-state index is -0.445. The summed E-state index contributed by atoms with van der Waals surface area (Å²) in [5.41, 5.74) is 7.77. The first-order chi connectivity index (χ1) is 6.63. The van der Waals surface area contributed by atoms with E-state index in [4.69, 9.17) is 5.73 Å². The Labute approximate surface area is 89.9 Å². The smallest absolute Gasteiger partial charge is 0.154 e. The molecule has 1 aromatic rings. The predicted molar refractivity (Wildman–Crippen MR) is 61.7 cm³/mol. The molecule has 0 fully saturated rings. The Kier molecular flexibility index (Phi) is 4.17. The monoisotopic (exact) mass is 209 g/mol. The summed E-state index contributed by atoms with van der Waals surface area (Å²) in [5, 5.41) is 0. The molecule has 0 saturated carbocycles. The molecule has 2 N–H and O–H groups in total. The summed E-state index contributed by atoms with van der Waals surface area (Å²) in [6.45, 7) is 2.02. The minimum Gasteiger partial charge on any atom is -0.321 e. The third kappa shape index (κ3) is 3.16. The number of nitrogens with two attached hydrogens (primary N) is 1. The highest BCUT2D eigenvalue weighted by molar-refractivity contribution is 7.80. The first-order valence-corrected chi connectivity index (χ1v) is 5.21. The second-order valence-corrected chi connectivity index (χ2v) is 3.78. The molecular formula is C11H15NOS. The average Bonchev–Trinajstić information content (AvgIpc) is 2.20. The van der Waals surface area contributed by atoms with Crippen molar-refractivity contribution in [1.82, 2.24) is 0 Å². The number of benzene rings is 1. The van der Waals surface area contributed by atoms with Crippen LogP contribution >= 0.6 is 12.6 Å². The Balaban J connectivity index is 2.60. The fourth-order valence-corrected chi connectivity index (χ4v) is 1.34. The lowest BCUT2D eigenvalue weighted by molar-refractivity contribution is -0.119. The molecule has 0 radical (unpaired) electrons. The highest BCUT2D eigenvalue weighted by atomic mass is 32.1. The van der Waals surface area contributed by atoms with Crippen molar-refractivity contribution in [2.45, 2.75) is 19.4 Å². The van der Waals surface area contributed by atoms with Gasteiger partial charge in [-0.3, -0.25) is 4.79 Å². The number of carbonyl (C=O) groups is 1. The lowest BCUT2D eigenvalue weighted by Crippen LogP contribution is -2.33. The number of hydrogen-bond donors (Lipinski definition) is 2. The van der Waals surface area contributed by atoms with Crippen LogP contribution in [0.1, 0.15) is 11.1 Å². The lowest BCUT2D eigenvalue weighted by Gasteiger charge is -2.06. The van der Waals surface area contributed by atoms with Crippen LogP contribution in [0.4, 0.5) is 0 Å². The maximum atomic E-state index is 11.5. The zero-order valence-electron chi connectivity index (χ0n) is 8.23. The van der Waals surface area contributed by atoms with Crippen LogP contribution < -0.4 is 5.73 Å². The zero-order valence-corrected chi connectivity index (χ0v) is 9.13. The van der Waals surface area contributed by atoms with Crippen LogP contribution in [0.25, 0.3) is 0 Å². The molecule has 1 atom stereocenters. The highest BCUT2D eigenvalue weighted by Crippen LogP contribution is 2.05. The number of Topliss-reactive ketones (excluding diaryl/α,β-unsaturated/α-hetero) is 1. The molecule has 3 heteroatoms. The molecule has 0 spiro atoms. The van der Waals surface area contributed by atoms with E-state index in [1.54, 1.807) is 0 Å². The molecule has 0 amide bonds. The maximum absolute atomic E-state index is 11.5. The standard InChI is InChI=1S/C11H15NOS/c1-8-2-4-9(5-3-8)6-11(13)10(12)7-14/h2-5,10,14H,6-7,12H2,1H3/t10-/m0/s1. The van der Waals surface area contributed by atoms with Gasteiger partial charge in [0.1, 0.15) is 0 Å². The molecule has 1 rings (SSSR count). The van der Waals surface area contributed by atoms with Crippen molar-refractivity contribution < 1.29 is 4.79 Å². The normalized spacial score (nSPS) is 12.5. The van der Waals surface area contributed by atoms with Crippen LogP contribution in [0.3, 0.4) is 0 Å². The SMILES string of the molecule is Cc1ccc(CC(=O)[C@@H](N)CS)cc1. The van der Waals surface area contributed by atoms with Gasteiger partial charge in [0.15, 0.2) is 5.78 Å². The van der Waals surface area contributed by atoms with Gasteiger partial charge in [0.2, 0.25) is 0 Å². The summed E-state index contributed by atoms with van der Waals surface area (Å²) in [6.07, 6.45) is 0.405. The minimum absolute atomic E-state index is 0.0452. The Hall–Kier alpha value is -0.800. The van der Waals surface area contributed by atoms with Gasteiger partial charge in [-0.2, -0.15) is 12.6 Å². The van der Waals surface area contributed by atoms with Crippen LogP contribution in [0.5, 0.6) is 0 Å². The Morgan fingerprint density at radius 1 is 1.43 bits per heavy atom.